The minimum Gasteiger partial charge on any atom is -0.361 e. The molecule has 0 saturated heterocycles. The average molecular weight is 124 g/mol. The summed E-state index contributed by atoms with van der Waals surface area (Å²) in [6.45, 7) is 6.79. The van der Waals surface area contributed by atoms with Gasteiger partial charge in [-0.15, -0.1) is 6.58 Å². The van der Waals surface area contributed by atoms with Crippen LogP contribution in [-0.2, 0) is 0 Å². The van der Waals surface area contributed by atoms with E-state index >= 15 is 0 Å². The van der Waals surface area contributed by atoms with Crippen LogP contribution < -0.4 is 0 Å². The monoisotopic (exact) mass is 124 g/mol. The van der Waals surface area contributed by atoms with E-state index < -0.39 is 0 Å². The van der Waals surface area contributed by atoms with Gasteiger partial charge in [-0.2, -0.15) is 0 Å². The highest BCUT2D eigenvalue weighted by Crippen LogP contribution is 1.94. The third-order valence-corrected chi connectivity index (χ3v) is 1.38. The molecule has 0 spiro atoms. The topological polar surface area (TPSA) is 15.6 Å². The summed E-state index contributed by atoms with van der Waals surface area (Å²) in [5, 5.41) is 0. The predicted octanol–water partition coefficient (Wildman–Crippen LogP) is 0.906. The van der Waals surface area contributed by atoms with Crippen molar-refractivity contribution in [3.63, 3.8) is 0 Å². The molecule has 0 aromatic rings. The van der Waals surface area contributed by atoms with E-state index in [9.17, 15) is 0 Å². The van der Waals surface area contributed by atoms with E-state index in [1.54, 1.807) is 0 Å². The highest BCUT2D eigenvalue weighted by molar-refractivity contribution is 5.56. The Morgan fingerprint density at radius 1 is 1.78 bits per heavy atom. The largest absolute Gasteiger partial charge is 0.361 e. The van der Waals surface area contributed by atoms with E-state index in [1.165, 1.54) is 0 Å². The second kappa shape index (κ2) is 3.28. The first kappa shape index (κ1) is 6.33. The van der Waals surface area contributed by atoms with E-state index in [4.69, 9.17) is 0 Å². The molecule has 0 aliphatic carbocycles. The highest BCUT2D eigenvalue weighted by Gasteiger charge is 2.01. The maximum atomic E-state index is 4.08. The summed E-state index contributed by atoms with van der Waals surface area (Å²) in [6.07, 6.45) is 4.92. The molecule has 1 heterocycles. The SMILES string of the molecule is C=CCCN1C=NCC1. The summed E-state index contributed by atoms with van der Waals surface area (Å²) in [5.41, 5.74) is 0. The van der Waals surface area contributed by atoms with E-state index in [-0.39, 0.29) is 0 Å². The lowest BCUT2D eigenvalue weighted by molar-refractivity contribution is 0.476. The summed E-state index contributed by atoms with van der Waals surface area (Å²) < 4.78 is 0. The Morgan fingerprint density at radius 3 is 3.22 bits per heavy atom. The van der Waals surface area contributed by atoms with Gasteiger partial charge in [0.25, 0.3) is 0 Å². The molecule has 0 bridgehead atoms. The quantitative estimate of drug-likeness (QED) is 0.510. The van der Waals surface area contributed by atoms with Gasteiger partial charge < -0.3 is 4.90 Å². The van der Waals surface area contributed by atoms with Gasteiger partial charge in [0.2, 0.25) is 0 Å². The maximum absolute atomic E-state index is 4.08. The zero-order chi connectivity index (χ0) is 6.53. The summed E-state index contributed by atoms with van der Waals surface area (Å²) in [6, 6.07) is 0. The van der Waals surface area contributed by atoms with Crippen LogP contribution in [0.2, 0.25) is 0 Å². The van der Waals surface area contributed by atoms with Crippen molar-refractivity contribution >= 4 is 6.34 Å². The lowest BCUT2D eigenvalue weighted by atomic mass is 10.4. The smallest absolute Gasteiger partial charge is 0.0851 e. The van der Waals surface area contributed by atoms with Crippen LogP contribution in [0.3, 0.4) is 0 Å². The van der Waals surface area contributed by atoms with Crippen LogP contribution in [0.15, 0.2) is 17.6 Å². The number of hydrogen-bond donors (Lipinski definition) is 0. The summed E-state index contributed by atoms with van der Waals surface area (Å²) in [7, 11) is 0. The molecule has 0 atom stereocenters. The molecule has 0 aromatic heterocycles. The molecule has 1 rings (SSSR count). The number of nitrogens with zero attached hydrogens (tertiary/aromatic N) is 2. The van der Waals surface area contributed by atoms with Crippen LogP contribution in [-0.4, -0.2) is 30.9 Å². The second-order valence-electron chi connectivity index (χ2n) is 2.13. The van der Waals surface area contributed by atoms with Crippen LogP contribution in [0.5, 0.6) is 0 Å². The van der Waals surface area contributed by atoms with Gasteiger partial charge >= 0.3 is 0 Å². The van der Waals surface area contributed by atoms with E-state index in [0.717, 1.165) is 26.1 Å². The molecule has 1 aliphatic rings. The van der Waals surface area contributed by atoms with Crippen molar-refractivity contribution in [1.82, 2.24) is 4.90 Å². The van der Waals surface area contributed by atoms with Crippen molar-refractivity contribution in [1.29, 1.82) is 0 Å². The molecule has 2 nitrogen and oxygen atoms in total. The molecule has 9 heavy (non-hydrogen) atoms. The average Bonchev–Trinajstić information content (AvgIpc) is 2.34. The fraction of sp³-hybridized carbons (Fsp3) is 0.571. The fourth-order valence-corrected chi connectivity index (χ4v) is 0.844. The van der Waals surface area contributed by atoms with Crippen molar-refractivity contribution in [2.24, 2.45) is 4.99 Å². The van der Waals surface area contributed by atoms with Crippen LogP contribution in [0, 0.1) is 0 Å². The molecule has 0 amide bonds. The van der Waals surface area contributed by atoms with E-state index in [0.29, 0.717) is 0 Å². The molecular weight excluding hydrogens is 112 g/mol. The molecule has 50 valence electrons. The third-order valence-electron chi connectivity index (χ3n) is 1.38. The van der Waals surface area contributed by atoms with Crippen LogP contribution >= 0.6 is 0 Å². The normalized spacial score (nSPS) is 16.7. The molecule has 0 radical (unpaired) electrons. The summed E-state index contributed by atoms with van der Waals surface area (Å²) in [4.78, 5) is 6.29. The molecule has 0 N–H and O–H groups in total. The fourth-order valence-electron chi connectivity index (χ4n) is 0.844. The molecular formula is C7H12N2. The minimum absolute atomic E-state index is 0.969. The van der Waals surface area contributed by atoms with Crippen molar-refractivity contribution < 1.29 is 0 Å². The zero-order valence-corrected chi connectivity index (χ0v) is 5.58. The Hall–Kier alpha value is -0.790. The molecule has 0 fully saturated rings. The van der Waals surface area contributed by atoms with Gasteiger partial charge in [-0.3, -0.25) is 4.99 Å². The molecule has 0 unspecified atom stereocenters. The van der Waals surface area contributed by atoms with Crippen molar-refractivity contribution in [3.05, 3.63) is 12.7 Å². The first-order valence-electron chi connectivity index (χ1n) is 3.28. The molecule has 0 aromatic carbocycles. The van der Waals surface area contributed by atoms with E-state index in [2.05, 4.69) is 16.5 Å². The van der Waals surface area contributed by atoms with Crippen LogP contribution in [0.4, 0.5) is 0 Å². The van der Waals surface area contributed by atoms with Gasteiger partial charge in [-0.1, -0.05) is 6.08 Å². The predicted molar refractivity (Wildman–Crippen MR) is 39.7 cm³/mol. The lowest BCUT2D eigenvalue weighted by Gasteiger charge is -2.10. The van der Waals surface area contributed by atoms with Crippen molar-refractivity contribution in [2.45, 2.75) is 6.42 Å². The first-order valence-corrected chi connectivity index (χ1v) is 3.28. The third kappa shape index (κ3) is 1.88. The summed E-state index contributed by atoms with van der Waals surface area (Å²) >= 11 is 0. The van der Waals surface area contributed by atoms with Gasteiger partial charge in [0.15, 0.2) is 0 Å². The molecule has 0 saturated carbocycles. The Bertz CT molecular complexity index is 118. The number of hydrogen-bond acceptors (Lipinski definition) is 2. The highest BCUT2D eigenvalue weighted by atomic mass is 15.2. The minimum atomic E-state index is 0.969. The lowest BCUT2D eigenvalue weighted by Crippen LogP contribution is -2.20. The van der Waals surface area contributed by atoms with Gasteiger partial charge in [-0.05, 0) is 6.42 Å². The van der Waals surface area contributed by atoms with E-state index in [1.807, 2.05) is 12.4 Å². The van der Waals surface area contributed by atoms with Gasteiger partial charge in [0.05, 0.1) is 12.9 Å². The van der Waals surface area contributed by atoms with Crippen LogP contribution in [0.1, 0.15) is 6.42 Å². The Kier molecular flexibility index (Phi) is 2.31. The zero-order valence-electron chi connectivity index (χ0n) is 5.58. The maximum Gasteiger partial charge on any atom is 0.0851 e. The van der Waals surface area contributed by atoms with Gasteiger partial charge in [-0.25, -0.2) is 0 Å². The van der Waals surface area contributed by atoms with Crippen LogP contribution in [0.25, 0.3) is 0 Å². The number of rotatable bonds is 3. The first-order chi connectivity index (χ1) is 4.43. The second-order valence-corrected chi connectivity index (χ2v) is 2.13. The molecule has 1 aliphatic heterocycles. The number of aliphatic imine (C=N–C) groups is 1. The van der Waals surface area contributed by atoms with Crippen molar-refractivity contribution in [2.75, 3.05) is 19.6 Å². The summed E-state index contributed by atoms with van der Waals surface area (Å²) in [5.74, 6) is 0. The van der Waals surface area contributed by atoms with Crippen molar-refractivity contribution in [3.8, 4) is 0 Å². The molecule has 2 heteroatoms. The van der Waals surface area contributed by atoms with Gasteiger partial charge in [0, 0.05) is 13.1 Å². The standard InChI is InChI=1S/C7H12N2/c1-2-3-5-9-6-4-8-7-9/h2,7H,1,3-6H2. The Balaban J connectivity index is 2.12. The Labute approximate surface area is 55.9 Å². The van der Waals surface area contributed by atoms with Gasteiger partial charge in [0.1, 0.15) is 0 Å². The Morgan fingerprint density at radius 2 is 2.67 bits per heavy atom.